The van der Waals surface area contributed by atoms with Crippen LogP contribution in [0.4, 0.5) is 0 Å². The van der Waals surface area contributed by atoms with Gasteiger partial charge in [-0.15, -0.1) is 15.3 Å². The van der Waals surface area contributed by atoms with Gasteiger partial charge < -0.3 is 4.74 Å². The number of methoxy groups -OCH3 is 1. The third-order valence-corrected chi connectivity index (χ3v) is 1.63. The number of ether oxygens (including phenoxy) is 1. The molecule has 0 bridgehead atoms. The zero-order chi connectivity index (χ0) is 9.97. The largest absolute Gasteiger partial charge is 0.378 e. The first-order chi connectivity index (χ1) is 6.85. The molecule has 0 saturated heterocycles. The van der Waals surface area contributed by atoms with Gasteiger partial charge in [0.15, 0.2) is 6.29 Å². The highest BCUT2D eigenvalue weighted by molar-refractivity contribution is 5.69. The second-order valence-electron chi connectivity index (χ2n) is 2.57. The summed E-state index contributed by atoms with van der Waals surface area (Å²) in [6.07, 6.45) is 1.97. The molecule has 14 heavy (non-hydrogen) atoms. The fourth-order valence-corrected chi connectivity index (χ4v) is 1.10. The van der Waals surface area contributed by atoms with E-state index in [2.05, 4.69) is 20.3 Å². The van der Waals surface area contributed by atoms with Crippen molar-refractivity contribution in [2.75, 3.05) is 7.11 Å². The van der Waals surface area contributed by atoms with Crippen LogP contribution in [0.2, 0.25) is 0 Å². The highest BCUT2D eigenvalue weighted by Crippen LogP contribution is 2.04. The lowest BCUT2D eigenvalue weighted by Crippen LogP contribution is -2.06. The average Bonchev–Trinajstić information content (AvgIpc) is 2.66. The quantitative estimate of drug-likeness (QED) is 0.610. The molecule has 0 spiro atoms. The standard InChI is InChI=1S/C7H7N5O2/c1-14-3-5-7-10-8-4-12(7)11-6(2-13)9-5/h2,4H,3H2,1H3. The number of rotatable bonds is 3. The highest BCUT2D eigenvalue weighted by Gasteiger charge is 2.08. The van der Waals surface area contributed by atoms with Crippen LogP contribution in [0, 0.1) is 0 Å². The third kappa shape index (κ3) is 1.33. The third-order valence-electron chi connectivity index (χ3n) is 1.63. The number of carbonyl (C=O) groups excluding carboxylic acids is 1. The van der Waals surface area contributed by atoms with Crippen LogP contribution < -0.4 is 0 Å². The molecule has 0 atom stereocenters. The number of carbonyl (C=O) groups is 1. The monoisotopic (exact) mass is 193 g/mol. The van der Waals surface area contributed by atoms with E-state index >= 15 is 0 Å². The van der Waals surface area contributed by atoms with E-state index in [1.807, 2.05) is 0 Å². The van der Waals surface area contributed by atoms with Crippen molar-refractivity contribution in [2.24, 2.45) is 0 Å². The summed E-state index contributed by atoms with van der Waals surface area (Å²) in [5, 5.41) is 11.3. The van der Waals surface area contributed by atoms with Crippen LogP contribution in [-0.2, 0) is 11.3 Å². The van der Waals surface area contributed by atoms with Gasteiger partial charge in [-0.2, -0.15) is 4.52 Å². The van der Waals surface area contributed by atoms with Crippen molar-refractivity contribution in [3.05, 3.63) is 17.8 Å². The van der Waals surface area contributed by atoms with Crippen LogP contribution in [0.3, 0.4) is 0 Å². The topological polar surface area (TPSA) is 82.3 Å². The molecule has 0 unspecified atom stereocenters. The Bertz CT molecular complexity index is 466. The minimum Gasteiger partial charge on any atom is -0.378 e. The summed E-state index contributed by atoms with van der Waals surface area (Å²) in [6, 6.07) is 0. The molecule has 0 aliphatic heterocycles. The number of aldehydes is 1. The lowest BCUT2D eigenvalue weighted by atomic mass is 10.4. The van der Waals surface area contributed by atoms with E-state index in [0.29, 0.717) is 17.6 Å². The fraction of sp³-hybridized carbons (Fsp3) is 0.286. The molecule has 0 aromatic carbocycles. The van der Waals surface area contributed by atoms with Gasteiger partial charge in [-0.3, -0.25) is 4.79 Å². The molecule has 7 heteroatoms. The van der Waals surface area contributed by atoms with Gasteiger partial charge >= 0.3 is 0 Å². The molecule has 2 rings (SSSR count). The Balaban J connectivity index is 2.63. The van der Waals surface area contributed by atoms with Gasteiger partial charge in [-0.05, 0) is 0 Å². The summed E-state index contributed by atoms with van der Waals surface area (Å²) in [5.74, 6) is 0.0874. The van der Waals surface area contributed by atoms with E-state index in [-0.39, 0.29) is 12.4 Å². The first-order valence-corrected chi connectivity index (χ1v) is 3.86. The van der Waals surface area contributed by atoms with Gasteiger partial charge in [0.2, 0.25) is 11.5 Å². The van der Waals surface area contributed by atoms with Crippen molar-refractivity contribution in [3.63, 3.8) is 0 Å². The summed E-state index contributed by atoms with van der Waals surface area (Å²) in [4.78, 5) is 14.5. The van der Waals surface area contributed by atoms with Gasteiger partial charge in [-0.1, -0.05) is 0 Å². The lowest BCUT2D eigenvalue weighted by Gasteiger charge is -2.00. The zero-order valence-corrected chi connectivity index (χ0v) is 7.41. The Hall–Kier alpha value is -1.89. The summed E-state index contributed by atoms with van der Waals surface area (Å²) in [5.41, 5.74) is 1.04. The summed E-state index contributed by atoms with van der Waals surface area (Å²) in [7, 11) is 1.54. The molecule has 0 fully saturated rings. The van der Waals surface area contributed by atoms with Gasteiger partial charge in [0.05, 0.1) is 6.61 Å². The van der Waals surface area contributed by atoms with Gasteiger partial charge in [-0.25, -0.2) is 4.98 Å². The smallest absolute Gasteiger partial charge is 0.213 e. The second kappa shape index (κ2) is 3.46. The van der Waals surface area contributed by atoms with Crippen molar-refractivity contribution < 1.29 is 9.53 Å². The first kappa shape index (κ1) is 8.70. The van der Waals surface area contributed by atoms with Gasteiger partial charge in [0, 0.05) is 7.11 Å². The number of hydrogen-bond donors (Lipinski definition) is 0. The van der Waals surface area contributed by atoms with Crippen LogP contribution in [0.1, 0.15) is 16.3 Å². The van der Waals surface area contributed by atoms with Crippen molar-refractivity contribution in [1.29, 1.82) is 0 Å². The average molecular weight is 193 g/mol. The van der Waals surface area contributed by atoms with E-state index in [0.717, 1.165) is 0 Å². The predicted molar refractivity (Wildman–Crippen MR) is 44.7 cm³/mol. The van der Waals surface area contributed by atoms with Crippen LogP contribution in [0.25, 0.3) is 5.65 Å². The number of fused-ring (bicyclic) bond motifs is 1. The molecular formula is C7H7N5O2. The van der Waals surface area contributed by atoms with E-state index in [1.165, 1.54) is 18.0 Å². The van der Waals surface area contributed by atoms with Crippen LogP contribution in [0.15, 0.2) is 6.33 Å². The van der Waals surface area contributed by atoms with Crippen LogP contribution in [0.5, 0.6) is 0 Å². The Morgan fingerprint density at radius 1 is 1.64 bits per heavy atom. The Morgan fingerprint density at radius 2 is 2.50 bits per heavy atom. The molecule has 2 aromatic heterocycles. The molecule has 0 radical (unpaired) electrons. The first-order valence-electron chi connectivity index (χ1n) is 3.86. The van der Waals surface area contributed by atoms with Gasteiger partial charge in [0.25, 0.3) is 0 Å². The number of aromatic nitrogens is 5. The summed E-state index contributed by atoms with van der Waals surface area (Å²) < 4.78 is 6.31. The van der Waals surface area contributed by atoms with Crippen molar-refractivity contribution in [3.8, 4) is 0 Å². The Kier molecular flexibility index (Phi) is 2.15. The maximum atomic E-state index is 10.5. The molecule has 2 heterocycles. The van der Waals surface area contributed by atoms with E-state index in [1.54, 1.807) is 0 Å². The van der Waals surface area contributed by atoms with E-state index in [4.69, 9.17) is 4.74 Å². The molecule has 0 aliphatic rings. The molecule has 0 saturated carbocycles. The number of nitrogens with zero attached hydrogens (tertiary/aromatic N) is 5. The maximum Gasteiger partial charge on any atom is 0.213 e. The second-order valence-corrected chi connectivity index (χ2v) is 2.57. The van der Waals surface area contributed by atoms with Crippen molar-refractivity contribution in [1.82, 2.24) is 24.8 Å². The zero-order valence-electron chi connectivity index (χ0n) is 7.41. The van der Waals surface area contributed by atoms with E-state index < -0.39 is 0 Å². The minimum atomic E-state index is 0.0874. The van der Waals surface area contributed by atoms with Gasteiger partial charge in [0.1, 0.15) is 12.0 Å². The lowest BCUT2D eigenvalue weighted by molar-refractivity contribution is 0.111. The van der Waals surface area contributed by atoms with Crippen LogP contribution >= 0.6 is 0 Å². The van der Waals surface area contributed by atoms with E-state index in [9.17, 15) is 4.79 Å². The maximum absolute atomic E-state index is 10.5. The molecule has 2 aromatic rings. The molecule has 0 amide bonds. The summed E-state index contributed by atoms with van der Waals surface area (Å²) >= 11 is 0. The molecule has 0 aliphatic carbocycles. The minimum absolute atomic E-state index is 0.0874. The fourth-order valence-electron chi connectivity index (χ4n) is 1.10. The predicted octanol–water partition coefficient (Wildman–Crippen LogP) is -0.522. The number of hydrogen-bond acceptors (Lipinski definition) is 6. The molecule has 72 valence electrons. The van der Waals surface area contributed by atoms with Crippen molar-refractivity contribution >= 4 is 11.9 Å². The summed E-state index contributed by atoms with van der Waals surface area (Å²) in [6.45, 7) is 0.269. The SMILES string of the molecule is COCc1nc(C=O)nn2cnnc12. The van der Waals surface area contributed by atoms with Crippen LogP contribution in [-0.4, -0.2) is 38.2 Å². The Morgan fingerprint density at radius 3 is 3.21 bits per heavy atom. The normalized spacial score (nSPS) is 10.6. The molecule has 0 N–H and O–H groups in total. The molecular weight excluding hydrogens is 186 g/mol. The highest BCUT2D eigenvalue weighted by atomic mass is 16.5. The molecule has 7 nitrogen and oxygen atoms in total. The van der Waals surface area contributed by atoms with Crippen molar-refractivity contribution in [2.45, 2.75) is 6.61 Å². The Labute approximate surface area is 78.7 Å².